The number of aliphatic imine (C=N–C) groups is 2. The zero-order chi connectivity index (χ0) is 20.2. The largest absolute Gasteiger partial charge is 0.339 e. The van der Waals surface area contributed by atoms with Crippen LogP contribution in [0.5, 0.6) is 0 Å². The van der Waals surface area contributed by atoms with Crippen molar-refractivity contribution < 1.29 is 9.59 Å². The normalized spacial score (nSPS) is 12.7. The minimum Gasteiger partial charge on any atom is -0.259 e. The summed E-state index contributed by atoms with van der Waals surface area (Å²) in [6.45, 7) is 3.96. The van der Waals surface area contributed by atoms with E-state index >= 15 is 0 Å². The number of H-pyrrole nitrogens is 1. The van der Waals surface area contributed by atoms with E-state index in [-0.39, 0.29) is 12.8 Å². The zero-order valence-electron chi connectivity index (χ0n) is 15.6. The molecular weight excluding hydrogens is 354 g/mol. The molecule has 1 aromatic rings. The Morgan fingerprint density at radius 1 is 0.815 bits per heavy atom. The number of hydrogen-bond acceptors (Lipinski definition) is 7. The number of nitrogens with one attached hydrogen (secondary N) is 1. The lowest BCUT2D eigenvalue weighted by atomic mass is 10.1. The first kappa shape index (κ1) is 22.2. The highest BCUT2D eigenvalue weighted by Gasteiger charge is 2.22. The molecule has 2 unspecified atom stereocenters. The van der Waals surface area contributed by atoms with Crippen LogP contribution >= 0.6 is 0 Å². The van der Waals surface area contributed by atoms with Gasteiger partial charge in [0.2, 0.25) is 12.2 Å². The highest BCUT2D eigenvalue weighted by Crippen LogP contribution is 2.15. The molecule has 10 nitrogen and oxygen atoms in total. The summed E-state index contributed by atoms with van der Waals surface area (Å²) in [5.41, 5.74) is -2.90. The topological polar surface area (TPSA) is 136 Å². The van der Waals surface area contributed by atoms with Gasteiger partial charge in [0, 0.05) is 0 Å². The van der Waals surface area contributed by atoms with Gasteiger partial charge >= 0.3 is 17.1 Å². The number of unbranched alkanes of at least 4 members (excludes halogenated alkanes) is 4. The van der Waals surface area contributed by atoms with E-state index in [9.17, 15) is 24.0 Å². The average Bonchev–Trinajstić information content (AvgIpc) is 2.61. The lowest BCUT2D eigenvalue weighted by Gasteiger charge is -2.17. The summed E-state index contributed by atoms with van der Waals surface area (Å²) >= 11 is 0. The Labute approximate surface area is 155 Å². The molecule has 148 valence electrons. The predicted octanol–water partition coefficient (Wildman–Crippen LogP) is 1.53. The first-order valence-electron chi connectivity index (χ1n) is 9.13. The van der Waals surface area contributed by atoms with Crippen LogP contribution in [0.2, 0.25) is 0 Å². The summed E-state index contributed by atoms with van der Waals surface area (Å²) in [4.78, 5) is 67.9. The molecule has 1 heterocycles. The van der Waals surface area contributed by atoms with Gasteiger partial charge in [0.05, 0.1) is 0 Å². The van der Waals surface area contributed by atoms with Crippen LogP contribution in [-0.2, 0) is 9.59 Å². The van der Waals surface area contributed by atoms with Crippen LogP contribution in [0.1, 0.15) is 77.5 Å². The fraction of sp³-hybridized carbons (Fsp3) is 0.706. The second-order valence-electron chi connectivity index (χ2n) is 6.15. The van der Waals surface area contributed by atoms with Crippen LogP contribution in [0.4, 0.5) is 0 Å². The number of aromatic amines is 1. The Balaban J connectivity index is 3.46. The minimum atomic E-state index is -1.08. The van der Waals surface area contributed by atoms with Crippen LogP contribution < -0.4 is 17.1 Å². The number of isocyanates is 2. The molecule has 0 amide bonds. The van der Waals surface area contributed by atoms with E-state index in [4.69, 9.17) is 0 Å². The molecule has 0 aliphatic rings. The molecule has 0 radical (unpaired) electrons. The van der Waals surface area contributed by atoms with Crippen molar-refractivity contribution in [2.45, 2.75) is 77.5 Å². The van der Waals surface area contributed by atoms with Gasteiger partial charge in [-0.25, -0.2) is 33.1 Å². The molecule has 1 N–H and O–H groups in total. The van der Waals surface area contributed by atoms with Crippen molar-refractivity contribution in [3.63, 3.8) is 0 Å². The van der Waals surface area contributed by atoms with E-state index in [0.717, 1.165) is 25.7 Å². The van der Waals surface area contributed by atoms with Crippen LogP contribution in [0.15, 0.2) is 24.4 Å². The number of nitrogens with zero attached hydrogens (tertiary/aromatic N) is 4. The third-order valence-corrected chi connectivity index (χ3v) is 4.19. The van der Waals surface area contributed by atoms with Crippen molar-refractivity contribution >= 4 is 12.2 Å². The lowest BCUT2D eigenvalue weighted by Crippen LogP contribution is -2.51. The molecule has 0 aliphatic carbocycles. The highest BCUT2D eigenvalue weighted by molar-refractivity contribution is 5.33. The summed E-state index contributed by atoms with van der Waals surface area (Å²) in [6.07, 6.45) is 5.82. The molecule has 0 aromatic carbocycles. The van der Waals surface area contributed by atoms with Crippen molar-refractivity contribution in [3.05, 3.63) is 31.5 Å². The molecule has 27 heavy (non-hydrogen) atoms. The van der Waals surface area contributed by atoms with E-state index in [1.54, 1.807) is 0 Å². The Kier molecular flexibility index (Phi) is 9.64. The first-order valence-corrected chi connectivity index (χ1v) is 9.13. The number of aromatic nitrogens is 3. The fourth-order valence-electron chi connectivity index (χ4n) is 2.81. The third kappa shape index (κ3) is 6.13. The van der Waals surface area contributed by atoms with Crippen LogP contribution in [0.25, 0.3) is 0 Å². The standard InChI is InChI=1S/C17H25N5O5/c1-3-5-7-9-13(18-11-23)21-15(25)20-16(26)22(17(21)27)14(19-12-24)10-8-6-4-2/h13-14H,3-10H2,1-2H3,(H,20,25,26). The molecule has 0 fully saturated rings. The van der Waals surface area contributed by atoms with Crippen molar-refractivity contribution in [2.24, 2.45) is 9.98 Å². The van der Waals surface area contributed by atoms with Crippen LogP contribution in [0, 0.1) is 0 Å². The lowest BCUT2D eigenvalue weighted by molar-refractivity contribution is 0.359. The van der Waals surface area contributed by atoms with Gasteiger partial charge in [-0.3, -0.25) is 4.98 Å². The molecule has 2 atom stereocenters. The number of rotatable bonds is 12. The van der Waals surface area contributed by atoms with E-state index in [0.29, 0.717) is 22.0 Å². The summed E-state index contributed by atoms with van der Waals surface area (Å²) < 4.78 is 1.41. The SMILES string of the molecule is CCCCCC(N=C=O)n1c(=O)[nH]c(=O)n(C(CCCCC)N=C=O)c1=O. The third-order valence-electron chi connectivity index (χ3n) is 4.19. The molecule has 0 saturated carbocycles. The van der Waals surface area contributed by atoms with E-state index in [1.807, 2.05) is 18.8 Å². The second-order valence-corrected chi connectivity index (χ2v) is 6.15. The maximum absolute atomic E-state index is 12.8. The van der Waals surface area contributed by atoms with Gasteiger partial charge in [0.15, 0.2) is 0 Å². The summed E-state index contributed by atoms with van der Waals surface area (Å²) in [7, 11) is 0. The van der Waals surface area contributed by atoms with Gasteiger partial charge in [0.1, 0.15) is 12.3 Å². The maximum atomic E-state index is 12.8. The Morgan fingerprint density at radius 3 is 1.56 bits per heavy atom. The van der Waals surface area contributed by atoms with Gasteiger partial charge in [-0.15, -0.1) is 0 Å². The molecule has 0 spiro atoms. The molecule has 0 bridgehead atoms. The zero-order valence-corrected chi connectivity index (χ0v) is 15.6. The molecule has 0 saturated heterocycles. The number of carbonyl (C=O) groups excluding carboxylic acids is 2. The Morgan fingerprint density at radius 2 is 1.22 bits per heavy atom. The second kappa shape index (κ2) is 11.7. The predicted molar refractivity (Wildman–Crippen MR) is 98.2 cm³/mol. The van der Waals surface area contributed by atoms with Crippen LogP contribution in [-0.4, -0.2) is 26.3 Å². The molecular formula is C17H25N5O5. The van der Waals surface area contributed by atoms with Crippen molar-refractivity contribution in [1.29, 1.82) is 0 Å². The quantitative estimate of drug-likeness (QED) is 0.334. The van der Waals surface area contributed by atoms with E-state index in [2.05, 4.69) is 9.98 Å². The van der Waals surface area contributed by atoms with Crippen molar-refractivity contribution in [2.75, 3.05) is 0 Å². The molecule has 1 aromatic heterocycles. The molecule has 0 aliphatic heterocycles. The number of hydrogen-bond donors (Lipinski definition) is 1. The van der Waals surface area contributed by atoms with Gasteiger partial charge in [-0.05, 0) is 25.7 Å². The maximum Gasteiger partial charge on any atom is 0.339 e. The highest BCUT2D eigenvalue weighted by atomic mass is 16.2. The van der Waals surface area contributed by atoms with E-state index in [1.165, 1.54) is 12.2 Å². The van der Waals surface area contributed by atoms with Gasteiger partial charge in [-0.1, -0.05) is 39.5 Å². The van der Waals surface area contributed by atoms with Crippen molar-refractivity contribution in [1.82, 2.24) is 14.1 Å². The van der Waals surface area contributed by atoms with Crippen LogP contribution in [0.3, 0.4) is 0 Å². The van der Waals surface area contributed by atoms with E-state index < -0.39 is 29.4 Å². The van der Waals surface area contributed by atoms with Gasteiger partial charge < -0.3 is 0 Å². The Bertz CT molecular complexity index is 804. The smallest absolute Gasteiger partial charge is 0.259 e. The monoisotopic (exact) mass is 379 g/mol. The van der Waals surface area contributed by atoms with Crippen molar-refractivity contribution in [3.8, 4) is 0 Å². The Hall–Kier alpha value is -2.83. The summed E-state index contributed by atoms with van der Waals surface area (Å²) in [5.74, 6) is 0. The average molecular weight is 379 g/mol. The first-order chi connectivity index (χ1) is 13.0. The van der Waals surface area contributed by atoms with Gasteiger partial charge in [0.25, 0.3) is 0 Å². The molecule has 10 heteroatoms. The summed E-state index contributed by atoms with van der Waals surface area (Å²) in [6, 6.07) is 0. The minimum absolute atomic E-state index is 0.266. The molecule has 1 rings (SSSR count). The fourth-order valence-corrected chi connectivity index (χ4v) is 2.81. The summed E-state index contributed by atoms with van der Waals surface area (Å²) in [5, 5.41) is 0. The van der Waals surface area contributed by atoms with Gasteiger partial charge in [-0.2, -0.15) is 9.98 Å².